The number of pyridine rings is 1. The summed E-state index contributed by atoms with van der Waals surface area (Å²) in [5.41, 5.74) is 7.40. The van der Waals surface area contributed by atoms with Gasteiger partial charge in [-0.25, -0.2) is 4.99 Å². The van der Waals surface area contributed by atoms with E-state index in [2.05, 4.69) is 20.5 Å². The molecular formula is C16H19IN6O2. The fourth-order valence-electron chi connectivity index (χ4n) is 2.24. The number of nitrogens with two attached hydrogens (primary N) is 1. The van der Waals surface area contributed by atoms with Gasteiger partial charge in [-0.3, -0.25) is 4.40 Å². The Hall–Kier alpha value is -2.56. The van der Waals surface area contributed by atoms with Crippen LogP contribution in [0.1, 0.15) is 5.82 Å². The normalized spacial score (nSPS) is 11.0. The number of halogens is 1. The van der Waals surface area contributed by atoms with Crippen LogP contribution in [0.5, 0.6) is 11.5 Å². The molecule has 8 nitrogen and oxygen atoms in total. The highest BCUT2D eigenvalue weighted by molar-refractivity contribution is 14.0. The number of guanidine groups is 1. The maximum atomic E-state index is 5.97. The first-order chi connectivity index (χ1) is 11.7. The van der Waals surface area contributed by atoms with Crippen molar-refractivity contribution in [2.45, 2.75) is 6.54 Å². The second-order valence-electron chi connectivity index (χ2n) is 4.94. The molecule has 0 spiro atoms. The number of aromatic nitrogens is 3. The van der Waals surface area contributed by atoms with Crippen LogP contribution in [-0.4, -0.2) is 34.8 Å². The highest BCUT2D eigenvalue weighted by Gasteiger charge is 2.07. The third kappa shape index (κ3) is 4.29. The Bertz CT molecular complexity index is 880. The molecule has 3 N–H and O–H groups in total. The van der Waals surface area contributed by atoms with Crippen molar-refractivity contribution in [2.24, 2.45) is 10.7 Å². The van der Waals surface area contributed by atoms with Gasteiger partial charge in [0, 0.05) is 12.3 Å². The molecule has 2 aromatic heterocycles. The quantitative estimate of drug-likeness (QED) is 0.349. The van der Waals surface area contributed by atoms with Crippen LogP contribution < -0.4 is 20.5 Å². The number of fused-ring (bicyclic) bond motifs is 1. The third-order valence-corrected chi connectivity index (χ3v) is 3.44. The SMILES string of the molecule is COc1ccc(OC)c(NC(N)=NCc2nnc3ccccn23)c1.I. The standard InChI is InChI=1S/C16H18N6O2.HI/c1-23-11-6-7-13(24-2)12(9-11)19-16(17)18-10-15-21-20-14-5-3-4-8-22(14)15;/h3-9H,10H2,1-2H3,(H3,17,18,19);1H. The molecule has 0 saturated heterocycles. The zero-order chi connectivity index (χ0) is 16.9. The Morgan fingerprint density at radius 1 is 1.20 bits per heavy atom. The lowest BCUT2D eigenvalue weighted by Gasteiger charge is -2.12. The van der Waals surface area contributed by atoms with Crippen LogP contribution in [0.15, 0.2) is 47.6 Å². The number of aliphatic imine (C=N–C) groups is 1. The topological polar surface area (TPSA) is 99.1 Å². The number of nitrogens with one attached hydrogen (secondary N) is 1. The van der Waals surface area contributed by atoms with E-state index in [9.17, 15) is 0 Å². The van der Waals surface area contributed by atoms with Gasteiger partial charge < -0.3 is 20.5 Å². The molecule has 132 valence electrons. The van der Waals surface area contributed by atoms with Crippen molar-refractivity contribution in [3.8, 4) is 11.5 Å². The first kappa shape index (κ1) is 18.8. The lowest BCUT2D eigenvalue weighted by atomic mass is 10.2. The van der Waals surface area contributed by atoms with Crippen LogP contribution in [-0.2, 0) is 6.54 Å². The number of hydrogen-bond donors (Lipinski definition) is 2. The Morgan fingerprint density at radius 2 is 2.04 bits per heavy atom. The molecule has 0 unspecified atom stereocenters. The fourth-order valence-corrected chi connectivity index (χ4v) is 2.24. The first-order valence-corrected chi connectivity index (χ1v) is 7.29. The second-order valence-corrected chi connectivity index (χ2v) is 4.94. The zero-order valence-corrected chi connectivity index (χ0v) is 16.2. The number of anilines is 1. The molecule has 9 heteroatoms. The van der Waals surface area contributed by atoms with Gasteiger partial charge in [0.05, 0.1) is 19.9 Å². The third-order valence-electron chi connectivity index (χ3n) is 3.44. The van der Waals surface area contributed by atoms with Crippen LogP contribution in [0.4, 0.5) is 5.69 Å². The minimum Gasteiger partial charge on any atom is -0.497 e. The molecule has 2 heterocycles. The van der Waals surface area contributed by atoms with Crippen molar-refractivity contribution in [2.75, 3.05) is 19.5 Å². The van der Waals surface area contributed by atoms with Gasteiger partial charge in [-0.15, -0.1) is 34.2 Å². The number of rotatable bonds is 5. The predicted molar refractivity (Wildman–Crippen MR) is 107 cm³/mol. The fraction of sp³-hybridized carbons (Fsp3) is 0.188. The molecule has 0 bridgehead atoms. The molecule has 1 aromatic carbocycles. The molecule has 3 rings (SSSR count). The van der Waals surface area contributed by atoms with E-state index in [1.807, 2.05) is 28.8 Å². The van der Waals surface area contributed by atoms with Crippen molar-refractivity contribution < 1.29 is 9.47 Å². The highest BCUT2D eigenvalue weighted by atomic mass is 127. The van der Waals surface area contributed by atoms with Crippen LogP contribution in [0.3, 0.4) is 0 Å². The average molecular weight is 454 g/mol. The molecule has 0 radical (unpaired) electrons. The Labute approximate surface area is 162 Å². The summed E-state index contributed by atoms with van der Waals surface area (Å²) in [4.78, 5) is 4.31. The van der Waals surface area contributed by atoms with Crippen LogP contribution in [0.25, 0.3) is 5.65 Å². The molecular weight excluding hydrogens is 435 g/mol. The van der Waals surface area contributed by atoms with Crippen molar-refractivity contribution >= 4 is 41.3 Å². The van der Waals surface area contributed by atoms with Gasteiger partial charge >= 0.3 is 0 Å². The van der Waals surface area contributed by atoms with Crippen molar-refractivity contribution in [1.29, 1.82) is 0 Å². The molecule has 25 heavy (non-hydrogen) atoms. The maximum absolute atomic E-state index is 5.97. The van der Waals surface area contributed by atoms with Crippen LogP contribution in [0.2, 0.25) is 0 Å². The average Bonchev–Trinajstić information content (AvgIpc) is 3.03. The molecule has 3 aromatic rings. The van der Waals surface area contributed by atoms with E-state index in [0.29, 0.717) is 29.6 Å². The van der Waals surface area contributed by atoms with Crippen LogP contribution >= 0.6 is 24.0 Å². The minimum absolute atomic E-state index is 0. The maximum Gasteiger partial charge on any atom is 0.193 e. The summed E-state index contributed by atoms with van der Waals surface area (Å²) in [7, 11) is 3.18. The summed E-state index contributed by atoms with van der Waals surface area (Å²) in [6, 6.07) is 11.1. The van der Waals surface area contributed by atoms with Gasteiger partial charge in [0.25, 0.3) is 0 Å². The van der Waals surface area contributed by atoms with Gasteiger partial charge in [0.2, 0.25) is 0 Å². The molecule has 0 fully saturated rings. The summed E-state index contributed by atoms with van der Waals surface area (Å²) in [5.74, 6) is 2.28. The van der Waals surface area contributed by atoms with E-state index < -0.39 is 0 Å². The number of ether oxygens (including phenoxy) is 2. The van der Waals surface area contributed by atoms with Crippen molar-refractivity contribution in [3.63, 3.8) is 0 Å². The zero-order valence-electron chi connectivity index (χ0n) is 13.8. The molecule has 0 aliphatic rings. The van der Waals surface area contributed by atoms with Gasteiger partial charge in [-0.05, 0) is 24.3 Å². The Kier molecular flexibility index (Phi) is 6.39. The summed E-state index contributed by atoms with van der Waals surface area (Å²) < 4.78 is 12.4. The largest absolute Gasteiger partial charge is 0.497 e. The molecule has 0 amide bonds. The Balaban J connectivity index is 0.00000225. The van der Waals surface area contributed by atoms with E-state index in [1.54, 1.807) is 32.4 Å². The Morgan fingerprint density at radius 3 is 2.80 bits per heavy atom. The van der Waals surface area contributed by atoms with E-state index in [4.69, 9.17) is 15.2 Å². The van der Waals surface area contributed by atoms with E-state index >= 15 is 0 Å². The lowest BCUT2D eigenvalue weighted by Crippen LogP contribution is -2.23. The molecule has 0 aliphatic carbocycles. The van der Waals surface area contributed by atoms with Crippen LogP contribution in [0, 0.1) is 0 Å². The second kappa shape index (κ2) is 8.51. The minimum atomic E-state index is 0. The van der Waals surface area contributed by atoms with Crippen molar-refractivity contribution in [3.05, 3.63) is 48.4 Å². The van der Waals surface area contributed by atoms with E-state index in [1.165, 1.54) is 0 Å². The summed E-state index contributed by atoms with van der Waals surface area (Å²) in [6.45, 7) is 0.302. The summed E-state index contributed by atoms with van der Waals surface area (Å²) >= 11 is 0. The monoisotopic (exact) mass is 454 g/mol. The van der Waals surface area contributed by atoms with Gasteiger partial charge in [-0.2, -0.15) is 0 Å². The van der Waals surface area contributed by atoms with Gasteiger partial charge in [-0.1, -0.05) is 6.07 Å². The molecule has 0 atom stereocenters. The van der Waals surface area contributed by atoms with Gasteiger partial charge in [0.15, 0.2) is 17.4 Å². The number of hydrogen-bond acceptors (Lipinski definition) is 5. The van der Waals surface area contributed by atoms with Gasteiger partial charge in [0.1, 0.15) is 18.0 Å². The van der Waals surface area contributed by atoms with E-state index in [0.717, 1.165) is 5.65 Å². The first-order valence-electron chi connectivity index (χ1n) is 7.29. The number of methoxy groups -OCH3 is 2. The summed E-state index contributed by atoms with van der Waals surface area (Å²) in [5, 5.41) is 11.2. The van der Waals surface area contributed by atoms with Crippen molar-refractivity contribution in [1.82, 2.24) is 14.6 Å². The predicted octanol–water partition coefficient (Wildman–Crippen LogP) is 2.29. The number of nitrogens with zero attached hydrogens (tertiary/aromatic N) is 4. The molecule has 0 aliphatic heterocycles. The highest BCUT2D eigenvalue weighted by Crippen LogP contribution is 2.28. The lowest BCUT2D eigenvalue weighted by molar-refractivity contribution is 0.405. The smallest absolute Gasteiger partial charge is 0.193 e. The molecule has 0 saturated carbocycles. The van der Waals surface area contributed by atoms with E-state index in [-0.39, 0.29) is 29.9 Å². The summed E-state index contributed by atoms with van der Waals surface area (Å²) in [6.07, 6.45) is 1.88. The number of benzene rings is 1.